The van der Waals surface area contributed by atoms with E-state index in [0.717, 1.165) is 18.4 Å². The standard InChI is InChI=1S/C15H12Cl3FN2/c16-11-7-9(19)5-6-10(11)15-20-13(17)12(14(18)21-15)8-3-1-2-4-8/h5-8H,1-4H2. The number of hydrogen-bond donors (Lipinski definition) is 0. The summed E-state index contributed by atoms with van der Waals surface area (Å²) in [6.07, 6.45) is 4.45. The third-order valence-electron chi connectivity index (χ3n) is 3.79. The van der Waals surface area contributed by atoms with Crippen LogP contribution in [0.5, 0.6) is 0 Å². The Morgan fingerprint density at radius 3 is 2.19 bits per heavy atom. The Morgan fingerprint density at radius 2 is 1.62 bits per heavy atom. The van der Waals surface area contributed by atoms with E-state index >= 15 is 0 Å². The first-order valence-corrected chi connectivity index (χ1v) is 7.88. The van der Waals surface area contributed by atoms with Crippen LogP contribution in [0.2, 0.25) is 15.3 Å². The molecule has 1 aromatic heterocycles. The molecule has 1 aromatic carbocycles. The number of aromatic nitrogens is 2. The van der Waals surface area contributed by atoms with Gasteiger partial charge in [0.15, 0.2) is 5.82 Å². The smallest absolute Gasteiger partial charge is 0.164 e. The van der Waals surface area contributed by atoms with Gasteiger partial charge >= 0.3 is 0 Å². The molecule has 6 heteroatoms. The second-order valence-corrected chi connectivity index (χ2v) is 6.27. The second kappa shape index (κ2) is 6.07. The maximum Gasteiger partial charge on any atom is 0.164 e. The number of rotatable bonds is 2. The normalized spacial score (nSPS) is 15.6. The summed E-state index contributed by atoms with van der Waals surface area (Å²) in [5.41, 5.74) is 1.33. The van der Waals surface area contributed by atoms with Gasteiger partial charge in [-0.1, -0.05) is 47.6 Å². The van der Waals surface area contributed by atoms with Gasteiger partial charge in [-0.25, -0.2) is 14.4 Å². The van der Waals surface area contributed by atoms with E-state index in [1.807, 2.05) is 0 Å². The minimum Gasteiger partial charge on any atom is -0.216 e. The lowest BCUT2D eigenvalue weighted by atomic mass is 10.0. The summed E-state index contributed by atoms with van der Waals surface area (Å²) < 4.78 is 13.1. The largest absolute Gasteiger partial charge is 0.216 e. The molecule has 0 atom stereocenters. The highest BCUT2D eigenvalue weighted by Crippen LogP contribution is 2.41. The van der Waals surface area contributed by atoms with Gasteiger partial charge in [-0.3, -0.25) is 0 Å². The Labute approximate surface area is 137 Å². The minimum absolute atomic E-state index is 0.232. The van der Waals surface area contributed by atoms with Gasteiger partial charge < -0.3 is 0 Å². The maximum absolute atomic E-state index is 13.1. The fourth-order valence-corrected chi connectivity index (χ4v) is 3.71. The van der Waals surface area contributed by atoms with Crippen molar-refractivity contribution in [1.29, 1.82) is 0 Å². The Morgan fingerprint density at radius 1 is 1.00 bits per heavy atom. The van der Waals surface area contributed by atoms with Crippen LogP contribution in [0.25, 0.3) is 11.4 Å². The lowest BCUT2D eigenvalue weighted by molar-refractivity contribution is 0.628. The molecule has 1 saturated carbocycles. The Balaban J connectivity index is 2.05. The van der Waals surface area contributed by atoms with Crippen molar-refractivity contribution in [3.63, 3.8) is 0 Å². The van der Waals surface area contributed by atoms with Crippen LogP contribution in [0.4, 0.5) is 4.39 Å². The third-order valence-corrected chi connectivity index (χ3v) is 4.68. The van der Waals surface area contributed by atoms with Crippen molar-refractivity contribution >= 4 is 34.8 Å². The molecule has 0 N–H and O–H groups in total. The van der Waals surface area contributed by atoms with Crippen molar-refractivity contribution in [1.82, 2.24) is 9.97 Å². The first-order valence-electron chi connectivity index (χ1n) is 6.74. The van der Waals surface area contributed by atoms with Crippen LogP contribution in [0.3, 0.4) is 0 Å². The quantitative estimate of drug-likeness (QED) is 0.633. The molecule has 1 heterocycles. The summed E-state index contributed by atoms with van der Waals surface area (Å²) in [5, 5.41) is 0.949. The summed E-state index contributed by atoms with van der Waals surface area (Å²) in [4.78, 5) is 8.60. The van der Waals surface area contributed by atoms with E-state index in [4.69, 9.17) is 34.8 Å². The second-order valence-electron chi connectivity index (χ2n) is 5.15. The van der Waals surface area contributed by atoms with Crippen molar-refractivity contribution in [2.45, 2.75) is 31.6 Å². The average Bonchev–Trinajstić information content (AvgIpc) is 2.91. The van der Waals surface area contributed by atoms with E-state index in [1.54, 1.807) is 0 Å². The molecule has 0 radical (unpaired) electrons. The molecule has 1 aliphatic carbocycles. The highest BCUT2D eigenvalue weighted by Gasteiger charge is 2.25. The molecule has 1 aliphatic rings. The van der Waals surface area contributed by atoms with Gasteiger partial charge in [0.25, 0.3) is 0 Å². The summed E-state index contributed by atoms with van der Waals surface area (Å²) in [6.45, 7) is 0. The number of hydrogen-bond acceptors (Lipinski definition) is 2. The van der Waals surface area contributed by atoms with Gasteiger partial charge in [-0.15, -0.1) is 0 Å². The first-order chi connectivity index (χ1) is 10.1. The summed E-state index contributed by atoms with van der Waals surface area (Å²) in [5.74, 6) is 0.225. The molecule has 0 spiro atoms. The van der Waals surface area contributed by atoms with E-state index in [9.17, 15) is 4.39 Å². The molecule has 0 saturated heterocycles. The van der Waals surface area contributed by atoms with E-state index in [1.165, 1.54) is 31.0 Å². The van der Waals surface area contributed by atoms with Crippen molar-refractivity contribution in [2.24, 2.45) is 0 Å². The van der Waals surface area contributed by atoms with Crippen LogP contribution in [0, 0.1) is 5.82 Å². The summed E-state index contributed by atoms with van der Waals surface area (Å²) in [6, 6.07) is 4.04. The third kappa shape index (κ3) is 3.01. The average molecular weight is 346 g/mol. The topological polar surface area (TPSA) is 25.8 Å². The van der Waals surface area contributed by atoms with Crippen molar-refractivity contribution in [2.75, 3.05) is 0 Å². The van der Waals surface area contributed by atoms with Crippen LogP contribution in [0.1, 0.15) is 37.2 Å². The molecule has 21 heavy (non-hydrogen) atoms. The lowest BCUT2D eigenvalue weighted by Crippen LogP contribution is -2.02. The lowest BCUT2D eigenvalue weighted by Gasteiger charge is -2.14. The van der Waals surface area contributed by atoms with Gasteiger partial charge in [0.05, 0.1) is 5.02 Å². The van der Waals surface area contributed by atoms with E-state index < -0.39 is 5.82 Å². The molecule has 0 amide bonds. The molecule has 0 bridgehead atoms. The van der Waals surface area contributed by atoms with Crippen LogP contribution >= 0.6 is 34.8 Å². The fraction of sp³-hybridized carbons (Fsp3) is 0.333. The zero-order chi connectivity index (χ0) is 15.0. The Bertz CT molecular complexity index is 662. The molecule has 2 aromatic rings. The molecule has 1 fully saturated rings. The van der Waals surface area contributed by atoms with Crippen LogP contribution < -0.4 is 0 Å². The van der Waals surface area contributed by atoms with Gasteiger partial charge in [0.1, 0.15) is 16.1 Å². The van der Waals surface area contributed by atoms with Crippen LogP contribution in [0.15, 0.2) is 18.2 Å². The van der Waals surface area contributed by atoms with Gasteiger partial charge in [0.2, 0.25) is 0 Å². The number of nitrogens with zero attached hydrogens (tertiary/aromatic N) is 2. The van der Waals surface area contributed by atoms with E-state index in [-0.39, 0.29) is 5.02 Å². The van der Waals surface area contributed by atoms with Crippen LogP contribution in [-0.2, 0) is 0 Å². The molecule has 110 valence electrons. The van der Waals surface area contributed by atoms with Gasteiger partial charge in [-0.05, 0) is 37.0 Å². The highest BCUT2D eigenvalue weighted by molar-refractivity contribution is 6.35. The maximum atomic E-state index is 13.1. The minimum atomic E-state index is -0.413. The molecular weight excluding hydrogens is 334 g/mol. The molecule has 3 rings (SSSR count). The van der Waals surface area contributed by atoms with E-state index in [2.05, 4.69) is 9.97 Å². The van der Waals surface area contributed by atoms with Crippen molar-refractivity contribution in [3.05, 3.63) is 44.9 Å². The van der Waals surface area contributed by atoms with Crippen LogP contribution in [-0.4, -0.2) is 9.97 Å². The Kier molecular flexibility index (Phi) is 4.34. The van der Waals surface area contributed by atoms with Crippen molar-refractivity contribution < 1.29 is 4.39 Å². The molecule has 0 unspecified atom stereocenters. The van der Waals surface area contributed by atoms with Gasteiger partial charge in [-0.2, -0.15) is 0 Å². The number of halogens is 4. The van der Waals surface area contributed by atoms with Gasteiger partial charge in [0, 0.05) is 11.1 Å². The highest BCUT2D eigenvalue weighted by atomic mass is 35.5. The molecule has 0 aliphatic heterocycles. The molecule has 2 nitrogen and oxygen atoms in total. The summed E-state index contributed by atoms with van der Waals surface area (Å²) >= 11 is 18.6. The predicted octanol–water partition coefficient (Wildman–Crippen LogP) is 5.90. The Hall–Kier alpha value is -0.900. The zero-order valence-electron chi connectivity index (χ0n) is 11.0. The molecular formula is C15H12Cl3FN2. The SMILES string of the molecule is Fc1ccc(-c2nc(Cl)c(C3CCCC3)c(Cl)n2)c(Cl)c1. The predicted molar refractivity (Wildman–Crippen MR) is 83.7 cm³/mol. The number of benzene rings is 1. The zero-order valence-corrected chi connectivity index (χ0v) is 13.3. The monoisotopic (exact) mass is 344 g/mol. The van der Waals surface area contributed by atoms with E-state index in [0.29, 0.717) is 27.6 Å². The summed E-state index contributed by atoms with van der Waals surface area (Å²) in [7, 11) is 0. The fourth-order valence-electron chi connectivity index (χ4n) is 2.76. The van der Waals surface area contributed by atoms with Crippen molar-refractivity contribution in [3.8, 4) is 11.4 Å². The first kappa shape index (κ1) is 15.0.